The summed E-state index contributed by atoms with van der Waals surface area (Å²) in [4.78, 5) is 21.8. The number of rotatable bonds is 10. The highest BCUT2D eigenvalue weighted by molar-refractivity contribution is 7.89. The highest BCUT2D eigenvalue weighted by Gasteiger charge is 2.38. The van der Waals surface area contributed by atoms with Crippen LogP contribution in [0, 0.1) is 5.41 Å². The highest BCUT2D eigenvalue weighted by Crippen LogP contribution is 2.30. The first kappa shape index (κ1) is 36.2. The standard InChI is InChI=1S/C24H26ClN5O5S2.C2HF3O2/c1-36(32,33)30-21(12-15-5-4-6-17(11-15)23(26)27)24(31)29-14-18-10-9-16(13-20(18)25)19-7-2-3-8-22(19)37(28,34)35;3-2(4,5)1(6)7/h2-11,13,21,30H,12,14H2,1H3,(H3,26,27)(H,29,31)(H2,28,34,35);(H,6,7)/t21-;/m0./s1. The van der Waals surface area contributed by atoms with Crippen molar-refractivity contribution in [1.29, 1.82) is 5.41 Å². The minimum Gasteiger partial charge on any atom is -0.475 e. The molecule has 0 spiro atoms. The molecular weight excluding hydrogens is 651 g/mol. The summed E-state index contributed by atoms with van der Waals surface area (Å²) in [6, 6.07) is 16.6. The quantitative estimate of drug-likeness (QED) is 0.138. The molecule has 0 saturated heterocycles. The van der Waals surface area contributed by atoms with Crippen molar-refractivity contribution in [3.63, 3.8) is 0 Å². The van der Waals surface area contributed by atoms with E-state index in [1.54, 1.807) is 60.7 Å². The summed E-state index contributed by atoms with van der Waals surface area (Å²) in [5, 5.41) is 23.0. The van der Waals surface area contributed by atoms with Gasteiger partial charge in [0.1, 0.15) is 11.9 Å². The number of carboxylic acid groups (broad SMARTS) is 1. The average molecular weight is 678 g/mol. The SMILES string of the molecule is CS(=O)(=O)N[C@@H](Cc1cccc(C(=N)N)c1)C(=O)NCc1ccc(-c2ccccc2S(N)(=O)=O)cc1Cl.O=C(O)C(F)(F)F. The Balaban J connectivity index is 0.000000860. The largest absolute Gasteiger partial charge is 0.490 e. The summed E-state index contributed by atoms with van der Waals surface area (Å²) in [6.45, 7) is -0.00971. The van der Waals surface area contributed by atoms with Gasteiger partial charge >= 0.3 is 12.1 Å². The number of alkyl halides is 3. The molecule has 0 aliphatic rings. The Labute approximate surface area is 255 Å². The Morgan fingerprint density at radius 3 is 2.16 bits per heavy atom. The van der Waals surface area contributed by atoms with E-state index in [1.165, 1.54) is 6.07 Å². The number of carbonyl (C=O) groups excluding carboxylic acids is 1. The predicted molar refractivity (Wildman–Crippen MR) is 157 cm³/mol. The van der Waals surface area contributed by atoms with Crippen molar-refractivity contribution < 1.29 is 44.7 Å². The normalized spacial score (nSPS) is 12.4. The number of carbonyl (C=O) groups is 2. The third kappa shape index (κ3) is 11.2. The van der Waals surface area contributed by atoms with Crippen LogP contribution >= 0.6 is 11.6 Å². The maximum Gasteiger partial charge on any atom is 0.490 e. The van der Waals surface area contributed by atoms with E-state index in [2.05, 4.69) is 10.0 Å². The van der Waals surface area contributed by atoms with E-state index in [4.69, 9.17) is 37.8 Å². The molecule has 0 fully saturated rings. The van der Waals surface area contributed by atoms with E-state index in [-0.39, 0.29) is 28.7 Å². The summed E-state index contributed by atoms with van der Waals surface area (Å²) in [6.07, 6.45) is -4.11. The molecule has 18 heteroatoms. The molecule has 8 N–H and O–H groups in total. The molecule has 44 heavy (non-hydrogen) atoms. The molecule has 0 unspecified atom stereocenters. The van der Waals surface area contributed by atoms with E-state index in [9.17, 15) is 34.8 Å². The molecule has 0 aliphatic heterocycles. The Bertz CT molecular complexity index is 1770. The molecule has 0 radical (unpaired) electrons. The molecule has 0 bridgehead atoms. The van der Waals surface area contributed by atoms with Crippen LogP contribution in [-0.2, 0) is 42.6 Å². The van der Waals surface area contributed by atoms with Crippen LogP contribution in [0.15, 0.2) is 71.6 Å². The zero-order chi connectivity index (χ0) is 33.5. The van der Waals surface area contributed by atoms with Crippen molar-refractivity contribution in [1.82, 2.24) is 10.0 Å². The molecule has 0 aromatic heterocycles. The fraction of sp³-hybridized carbons (Fsp3) is 0.192. The third-order valence-electron chi connectivity index (χ3n) is 5.60. The molecular formula is C26H27ClF3N5O7S2. The van der Waals surface area contributed by atoms with E-state index in [0.29, 0.717) is 27.8 Å². The summed E-state index contributed by atoms with van der Waals surface area (Å²) >= 11 is 6.42. The fourth-order valence-electron chi connectivity index (χ4n) is 3.66. The Kier molecular flexibility index (Phi) is 12.0. The van der Waals surface area contributed by atoms with E-state index < -0.39 is 44.1 Å². The lowest BCUT2D eigenvalue weighted by Crippen LogP contribution is -2.47. The summed E-state index contributed by atoms with van der Waals surface area (Å²) in [5.41, 5.74) is 8.02. The van der Waals surface area contributed by atoms with Crippen LogP contribution in [0.2, 0.25) is 5.02 Å². The maximum absolute atomic E-state index is 12.9. The number of sulfonamides is 2. The Hall–Kier alpha value is -4.03. The third-order valence-corrected chi connectivity index (χ3v) is 7.64. The molecule has 0 heterocycles. The second-order valence-electron chi connectivity index (χ2n) is 9.13. The number of amides is 1. The number of primary sulfonamides is 1. The molecule has 0 aliphatic carbocycles. The first-order valence-corrected chi connectivity index (χ1v) is 15.9. The first-order valence-electron chi connectivity index (χ1n) is 12.1. The van der Waals surface area contributed by atoms with Crippen molar-refractivity contribution in [3.8, 4) is 11.1 Å². The average Bonchev–Trinajstić information content (AvgIpc) is 2.90. The second kappa shape index (κ2) is 14.6. The van der Waals surface area contributed by atoms with Crippen LogP contribution in [0.1, 0.15) is 16.7 Å². The van der Waals surface area contributed by atoms with Gasteiger partial charge in [0.15, 0.2) is 0 Å². The second-order valence-corrected chi connectivity index (χ2v) is 12.8. The van der Waals surface area contributed by atoms with Crippen LogP contribution in [0.5, 0.6) is 0 Å². The first-order chi connectivity index (χ1) is 20.2. The number of nitrogens with two attached hydrogens (primary N) is 2. The van der Waals surface area contributed by atoms with Crippen LogP contribution in [0.4, 0.5) is 13.2 Å². The van der Waals surface area contributed by atoms with Gasteiger partial charge in [-0.15, -0.1) is 0 Å². The maximum atomic E-state index is 12.9. The number of amidine groups is 1. The van der Waals surface area contributed by atoms with Gasteiger partial charge in [0, 0.05) is 22.7 Å². The predicted octanol–water partition coefficient (Wildman–Crippen LogP) is 2.35. The van der Waals surface area contributed by atoms with Gasteiger partial charge in [-0.25, -0.2) is 31.5 Å². The molecule has 1 amide bonds. The van der Waals surface area contributed by atoms with Gasteiger partial charge in [-0.1, -0.05) is 60.1 Å². The van der Waals surface area contributed by atoms with Crippen molar-refractivity contribution in [2.75, 3.05) is 6.26 Å². The van der Waals surface area contributed by atoms with Gasteiger partial charge in [0.2, 0.25) is 26.0 Å². The number of aliphatic carboxylic acids is 1. The fourth-order valence-corrected chi connectivity index (χ4v) is 5.38. The van der Waals surface area contributed by atoms with Gasteiger partial charge in [-0.2, -0.15) is 13.2 Å². The number of hydrogen-bond acceptors (Lipinski definition) is 7. The minimum atomic E-state index is -5.08. The van der Waals surface area contributed by atoms with Crippen LogP contribution in [0.25, 0.3) is 11.1 Å². The van der Waals surface area contributed by atoms with Gasteiger partial charge in [0.25, 0.3) is 0 Å². The van der Waals surface area contributed by atoms with Crippen LogP contribution < -0.4 is 20.9 Å². The molecule has 12 nitrogen and oxygen atoms in total. The molecule has 3 rings (SSSR count). The number of benzene rings is 3. The number of carboxylic acids is 1. The summed E-state index contributed by atoms with van der Waals surface area (Å²) in [7, 11) is -7.68. The molecule has 3 aromatic rings. The number of nitrogens with one attached hydrogen (secondary N) is 3. The van der Waals surface area contributed by atoms with Crippen molar-refractivity contribution >= 4 is 49.4 Å². The van der Waals surface area contributed by atoms with Crippen molar-refractivity contribution in [2.24, 2.45) is 10.9 Å². The number of hydrogen-bond donors (Lipinski definition) is 6. The minimum absolute atomic E-state index is 0.00971. The van der Waals surface area contributed by atoms with Crippen LogP contribution in [0.3, 0.4) is 0 Å². The van der Waals surface area contributed by atoms with E-state index >= 15 is 0 Å². The lowest BCUT2D eigenvalue weighted by atomic mass is 10.0. The van der Waals surface area contributed by atoms with Crippen molar-refractivity contribution in [2.45, 2.75) is 30.1 Å². The van der Waals surface area contributed by atoms with Gasteiger partial charge in [0.05, 0.1) is 11.2 Å². The Morgan fingerprint density at radius 2 is 1.64 bits per heavy atom. The summed E-state index contributed by atoms with van der Waals surface area (Å²) < 4.78 is 81.7. The smallest absolute Gasteiger partial charge is 0.475 e. The van der Waals surface area contributed by atoms with Gasteiger partial charge in [-0.05, 0) is 41.3 Å². The Morgan fingerprint density at radius 1 is 1.02 bits per heavy atom. The monoisotopic (exact) mass is 677 g/mol. The van der Waals surface area contributed by atoms with Gasteiger partial charge < -0.3 is 16.2 Å². The molecule has 0 saturated carbocycles. The number of halogens is 4. The van der Waals surface area contributed by atoms with E-state index in [1.807, 2.05) is 0 Å². The summed E-state index contributed by atoms with van der Waals surface area (Å²) in [5.74, 6) is -3.49. The van der Waals surface area contributed by atoms with E-state index in [0.717, 1.165) is 6.26 Å². The van der Waals surface area contributed by atoms with Crippen LogP contribution in [-0.4, -0.2) is 58.1 Å². The lowest BCUT2D eigenvalue weighted by molar-refractivity contribution is -0.192. The molecule has 1 atom stereocenters. The van der Waals surface area contributed by atoms with Crippen molar-refractivity contribution in [3.05, 3.63) is 88.4 Å². The van der Waals surface area contributed by atoms with Gasteiger partial charge in [-0.3, -0.25) is 10.2 Å². The lowest BCUT2D eigenvalue weighted by Gasteiger charge is -2.18. The number of nitrogen functional groups attached to an aromatic ring is 1. The zero-order valence-electron chi connectivity index (χ0n) is 22.7. The topological polar surface area (TPSA) is 223 Å². The zero-order valence-corrected chi connectivity index (χ0v) is 25.1. The highest BCUT2D eigenvalue weighted by atomic mass is 35.5. The molecule has 238 valence electrons. The molecule has 3 aromatic carbocycles.